The maximum absolute atomic E-state index is 5.68. The average Bonchev–Trinajstić information content (AvgIpc) is 3.48. The Hall–Kier alpha value is -0.860. The van der Waals surface area contributed by atoms with Crippen LogP contribution in [0.25, 0.3) is 0 Å². The third-order valence-electron chi connectivity index (χ3n) is 5.08. The summed E-state index contributed by atoms with van der Waals surface area (Å²) in [6.07, 6.45) is 5.01. The molecule has 2 fully saturated rings. The van der Waals surface area contributed by atoms with Crippen molar-refractivity contribution < 1.29 is 4.74 Å². The van der Waals surface area contributed by atoms with Gasteiger partial charge in [0.15, 0.2) is 5.96 Å². The van der Waals surface area contributed by atoms with Gasteiger partial charge in [-0.15, -0.1) is 24.0 Å². The van der Waals surface area contributed by atoms with Crippen LogP contribution < -0.4 is 10.6 Å². The second kappa shape index (κ2) is 12.6. The molecular formula is C21H35IN4O. The normalized spacial score (nSPS) is 18.8. The molecule has 1 aliphatic carbocycles. The third-order valence-corrected chi connectivity index (χ3v) is 5.08. The maximum atomic E-state index is 5.68. The van der Waals surface area contributed by atoms with E-state index in [4.69, 9.17) is 4.74 Å². The summed E-state index contributed by atoms with van der Waals surface area (Å²) >= 11 is 0. The van der Waals surface area contributed by atoms with Crippen LogP contribution in [0.15, 0.2) is 35.3 Å². The SMILES string of the molecule is CCNC(=NCCOCC1CC1)NC1CCN(Cc2ccccc2)CC1.I. The Kier molecular flexibility index (Phi) is 10.4. The Morgan fingerprint density at radius 1 is 1.15 bits per heavy atom. The Balaban J connectivity index is 0.00000261. The van der Waals surface area contributed by atoms with Gasteiger partial charge in [0.25, 0.3) is 0 Å². The van der Waals surface area contributed by atoms with Gasteiger partial charge < -0.3 is 15.4 Å². The summed E-state index contributed by atoms with van der Waals surface area (Å²) in [6.45, 7) is 8.70. The Morgan fingerprint density at radius 3 is 2.56 bits per heavy atom. The molecule has 27 heavy (non-hydrogen) atoms. The molecule has 5 nitrogen and oxygen atoms in total. The van der Waals surface area contributed by atoms with E-state index in [1.165, 1.54) is 18.4 Å². The lowest BCUT2D eigenvalue weighted by molar-refractivity contribution is 0.131. The molecule has 1 aromatic rings. The van der Waals surface area contributed by atoms with Crippen LogP contribution in [0.5, 0.6) is 0 Å². The summed E-state index contributed by atoms with van der Waals surface area (Å²) in [5.41, 5.74) is 1.40. The topological polar surface area (TPSA) is 48.9 Å². The summed E-state index contributed by atoms with van der Waals surface area (Å²) in [5.74, 6) is 1.76. The largest absolute Gasteiger partial charge is 0.379 e. The predicted octanol–water partition coefficient (Wildman–Crippen LogP) is 3.25. The first-order valence-corrected chi connectivity index (χ1v) is 10.2. The molecule has 3 rings (SSSR count). The van der Waals surface area contributed by atoms with Crippen molar-refractivity contribution in [3.8, 4) is 0 Å². The van der Waals surface area contributed by atoms with E-state index in [0.717, 1.165) is 70.7 Å². The summed E-state index contributed by atoms with van der Waals surface area (Å²) in [6, 6.07) is 11.3. The summed E-state index contributed by atoms with van der Waals surface area (Å²) < 4.78 is 5.68. The van der Waals surface area contributed by atoms with Crippen LogP contribution in [-0.4, -0.2) is 56.3 Å². The minimum atomic E-state index is 0. The van der Waals surface area contributed by atoms with Crippen LogP contribution in [0.3, 0.4) is 0 Å². The minimum absolute atomic E-state index is 0. The second-order valence-electron chi connectivity index (χ2n) is 7.46. The Labute approximate surface area is 181 Å². The second-order valence-corrected chi connectivity index (χ2v) is 7.46. The highest BCUT2D eigenvalue weighted by molar-refractivity contribution is 14.0. The van der Waals surface area contributed by atoms with E-state index in [2.05, 4.69) is 57.8 Å². The third kappa shape index (κ3) is 8.79. The van der Waals surface area contributed by atoms with Crippen LogP contribution in [-0.2, 0) is 11.3 Å². The predicted molar refractivity (Wildman–Crippen MR) is 123 cm³/mol. The zero-order valence-electron chi connectivity index (χ0n) is 16.5. The number of hydrogen-bond acceptors (Lipinski definition) is 3. The van der Waals surface area contributed by atoms with Crippen LogP contribution in [0.2, 0.25) is 0 Å². The number of nitrogens with zero attached hydrogens (tertiary/aromatic N) is 2. The van der Waals surface area contributed by atoms with Gasteiger partial charge in [0, 0.05) is 38.8 Å². The smallest absolute Gasteiger partial charge is 0.191 e. The molecule has 2 aliphatic rings. The van der Waals surface area contributed by atoms with Gasteiger partial charge in [-0.1, -0.05) is 30.3 Å². The number of ether oxygens (including phenoxy) is 1. The number of nitrogens with one attached hydrogen (secondary N) is 2. The monoisotopic (exact) mass is 486 g/mol. The standard InChI is InChI=1S/C21H34N4O.HI/c1-2-22-21(23-12-15-26-17-19-8-9-19)24-20-10-13-25(14-11-20)16-18-6-4-3-5-7-18;/h3-7,19-20H,2,8-17H2,1H3,(H2,22,23,24);1H. The quantitative estimate of drug-likeness (QED) is 0.244. The molecule has 1 aromatic carbocycles. The van der Waals surface area contributed by atoms with Crippen molar-refractivity contribution in [1.82, 2.24) is 15.5 Å². The van der Waals surface area contributed by atoms with E-state index in [0.29, 0.717) is 6.04 Å². The Bertz CT molecular complexity index is 542. The highest BCUT2D eigenvalue weighted by Gasteiger charge is 2.21. The molecule has 1 aliphatic heterocycles. The van der Waals surface area contributed by atoms with Crippen molar-refractivity contribution in [2.75, 3.05) is 39.4 Å². The Morgan fingerprint density at radius 2 is 1.89 bits per heavy atom. The van der Waals surface area contributed by atoms with Crippen LogP contribution >= 0.6 is 24.0 Å². The molecule has 0 radical (unpaired) electrons. The number of aliphatic imine (C=N–C) groups is 1. The van der Waals surface area contributed by atoms with E-state index >= 15 is 0 Å². The van der Waals surface area contributed by atoms with Gasteiger partial charge in [-0.2, -0.15) is 0 Å². The molecule has 0 amide bonds. The van der Waals surface area contributed by atoms with Crippen LogP contribution in [0.1, 0.15) is 38.2 Å². The van der Waals surface area contributed by atoms with Crippen molar-refractivity contribution in [1.29, 1.82) is 0 Å². The first kappa shape index (κ1) is 22.4. The number of halogens is 1. The van der Waals surface area contributed by atoms with Gasteiger partial charge in [-0.05, 0) is 44.1 Å². The van der Waals surface area contributed by atoms with E-state index < -0.39 is 0 Å². The number of hydrogen-bond donors (Lipinski definition) is 2. The number of likely N-dealkylation sites (tertiary alicyclic amines) is 1. The zero-order chi connectivity index (χ0) is 18.0. The average molecular weight is 486 g/mol. The van der Waals surface area contributed by atoms with E-state index in [-0.39, 0.29) is 24.0 Å². The van der Waals surface area contributed by atoms with E-state index in [1.807, 2.05) is 0 Å². The van der Waals surface area contributed by atoms with Crippen molar-refractivity contribution in [3.05, 3.63) is 35.9 Å². The maximum Gasteiger partial charge on any atom is 0.191 e. The summed E-state index contributed by atoms with van der Waals surface area (Å²) in [5, 5.41) is 6.97. The van der Waals surface area contributed by atoms with Gasteiger partial charge in [-0.3, -0.25) is 9.89 Å². The highest BCUT2D eigenvalue weighted by Crippen LogP contribution is 2.28. The van der Waals surface area contributed by atoms with Crippen LogP contribution in [0.4, 0.5) is 0 Å². The van der Waals surface area contributed by atoms with Crippen molar-refractivity contribution >= 4 is 29.9 Å². The highest BCUT2D eigenvalue weighted by atomic mass is 127. The summed E-state index contributed by atoms with van der Waals surface area (Å²) in [7, 11) is 0. The van der Waals surface area contributed by atoms with E-state index in [9.17, 15) is 0 Å². The fourth-order valence-electron chi connectivity index (χ4n) is 3.35. The molecule has 1 saturated heterocycles. The molecule has 0 spiro atoms. The molecule has 0 atom stereocenters. The van der Waals surface area contributed by atoms with Gasteiger partial charge in [0.05, 0.1) is 13.2 Å². The minimum Gasteiger partial charge on any atom is -0.379 e. The lowest BCUT2D eigenvalue weighted by atomic mass is 10.0. The van der Waals surface area contributed by atoms with Crippen molar-refractivity contribution in [3.63, 3.8) is 0 Å². The molecule has 0 unspecified atom stereocenters. The molecule has 0 aromatic heterocycles. The lowest BCUT2D eigenvalue weighted by Gasteiger charge is -2.33. The van der Waals surface area contributed by atoms with Gasteiger partial charge in [0.2, 0.25) is 0 Å². The molecule has 152 valence electrons. The van der Waals surface area contributed by atoms with Crippen LogP contribution in [0, 0.1) is 5.92 Å². The molecule has 1 heterocycles. The molecular weight excluding hydrogens is 451 g/mol. The lowest BCUT2D eigenvalue weighted by Crippen LogP contribution is -2.48. The first-order valence-electron chi connectivity index (χ1n) is 10.2. The molecule has 1 saturated carbocycles. The summed E-state index contributed by atoms with van der Waals surface area (Å²) in [4.78, 5) is 7.21. The van der Waals surface area contributed by atoms with Gasteiger partial charge >= 0.3 is 0 Å². The number of rotatable bonds is 9. The zero-order valence-corrected chi connectivity index (χ0v) is 18.9. The van der Waals surface area contributed by atoms with Crippen molar-refractivity contribution in [2.24, 2.45) is 10.9 Å². The molecule has 0 bridgehead atoms. The molecule has 2 N–H and O–H groups in total. The first-order chi connectivity index (χ1) is 12.8. The van der Waals surface area contributed by atoms with Gasteiger partial charge in [0.1, 0.15) is 0 Å². The fraction of sp³-hybridized carbons (Fsp3) is 0.667. The number of guanidine groups is 1. The van der Waals surface area contributed by atoms with Crippen molar-refractivity contribution in [2.45, 2.75) is 45.2 Å². The number of piperidine rings is 1. The fourth-order valence-corrected chi connectivity index (χ4v) is 3.35. The van der Waals surface area contributed by atoms with Gasteiger partial charge in [-0.25, -0.2) is 0 Å². The number of benzene rings is 1. The molecule has 6 heteroatoms. The van der Waals surface area contributed by atoms with E-state index in [1.54, 1.807) is 0 Å².